The number of phenols is 1. The zero-order valence-electron chi connectivity index (χ0n) is 16.5. The Morgan fingerprint density at radius 2 is 1.67 bits per heavy atom. The van der Waals surface area contributed by atoms with Crippen LogP contribution < -0.4 is 4.74 Å². The van der Waals surface area contributed by atoms with Gasteiger partial charge in [-0.3, -0.25) is 0 Å². The molecule has 30 heavy (non-hydrogen) atoms. The van der Waals surface area contributed by atoms with Crippen molar-refractivity contribution >= 4 is 34.1 Å². The van der Waals surface area contributed by atoms with Crippen LogP contribution in [0.2, 0.25) is 0 Å². The summed E-state index contributed by atoms with van der Waals surface area (Å²) in [6, 6.07) is 13.0. The molecule has 0 fully saturated rings. The zero-order chi connectivity index (χ0) is 21.7. The van der Waals surface area contributed by atoms with Crippen LogP contribution in [0.4, 0.5) is 11.4 Å². The van der Waals surface area contributed by atoms with Gasteiger partial charge in [0.15, 0.2) is 12.4 Å². The maximum absolute atomic E-state index is 11.7. The fourth-order valence-electron chi connectivity index (χ4n) is 2.89. The number of rotatable bonds is 7. The number of phenolic OH excluding ortho intramolecular Hbond substituents is 1. The molecule has 0 saturated heterocycles. The summed E-state index contributed by atoms with van der Waals surface area (Å²) in [7, 11) is 0. The summed E-state index contributed by atoms with van der Waals surface area (Å²) in [5.41, 5.74) is 1.32. The number of azo groups is 1. The zero-order valence-corrected chi connectivity index (χ0v) is 16.5. The third kappa shape index (κ3) is 4.38. The number of carboxylic acid groups (broad SMARTS) is 1. The van der Waals surface area contributed by atoms with Crippen molar-refractivity contribution in [2.45, 2.75) is 13.8 Å². The van der Waals surface area contributed by atoms with Crippen molar-refractivity contribution < 1.29 is 29.3 Å². The van der Waals surface area contributed by atoms with E-state index in [1.165, 1.54) is 24.3 Å². The Kier molecular flexibility index (Phi) is 6.26. The minimum absolute atomic E-state index is 0.0224. The molecule has 3 aromatic carbocycles. The van der Waals surface area contributed by atoms with Crippen LogP contribution in [0.5, 0.6) is 11.5 Å². The van der Waals surface area contributed by atoms with E-state index in [1.54, 1.807) is 38.1 Å². The van der Waals surface area contributed by atoms with Crippen LogP contribution in [0.3, 0.4) is 0 Å². The van der Waals surface area contributed by atoms with Crippen LogP contribution >= 0.6 is 0 Å². The van der Waals surface area contributed by atoms with Crippen LogP contribution in [0.25, 0.3) is 10.8 Å². The van der Waals surface area contributed by atoms with Crippen molar-refractivity contribution in [1.82, 2.24) is 0 Å². The molecule has 0 aromatic heterocycles. The average Bonchev–Trinajstić information content (AvgIpc) is 2.75. The summed E-state index contributed by atoms with van der Waals surface area (Å²) in [6.45, 7) is 3.23. The smallest absolute Gasteiger partial charge is 0.344 e. The van der Waals surface area contributed by atoms with Crippen LogP contribution in [0, 0.1) is 6.92 Å². The normalized spacial score (nSPS) is 11.0. The lowest BCUT2D eigenvalue weighted by atomic mass is 10.0. The van der Waals surface area contributed by atoms with Crippen molar-refractivity contribution in [2.24, 2.45) is 10.2 Å². The molecule has 3 aromatic rings. The number of benzene rings is 3. The van der Waals surface area contributed by atoms with Crippen LogP contribution in [0.15, 0.2) is 58.8 Å². The number of aromatic hydroxyl groups is 1. The quantitative estimate of drug-likeness (QED) is 0.424. The molecule has 0 aliphatic carbocycles. The monoisotopic (exact) mass is 408 g/mol. The number of carbonyl (C=O) groups is 2. The Bertz CT molecular complexity index is 1120. The van der Waals surface area contributed by atoms with Gasteiger partial charge in [0.25, 0.3) is 0 Å². The number of aromatic carboxylic acids is 1. The third-order valence-corrected chi connectivity index (χ3v) is 4.37. The number of carbonyl (C=O) groups excluding carboxylic acids is 1. The Balaban J connectivity index is 2.05. The molecular formula is C22H20N2O6. The average molecular weight is 408 g/mol. The SMILES string of the molecule is CCOC(=O)COc1c(C)c(O)c2ccccc2c1N=Nc1ccc(C(=O)O)cc1. The van der Waals surface area contributed by atoms with Gasteiger partial charge in [0.2, 0.25) is 0 Å². The molecule has 0 aliphatic heterocycles. The Morgan fingerprint density at radius 1 is 1.00 bits per heavy atom. The molecule has 0 amide bonds. The summed E-state index contributed by atoms with van der Waals surface area (Å²) in [5.74, 6) is -1.34. The van der Waals surface area contributed by atoms with Crippen molar-refractivity contribution in [3.63, 3.8) is 0 Å². The maximum atomic E-state index is 11.7. The second-order valence-corrected chi connectivity index (χ2v) is 6.34. The van der Waals surface area contributed by atoms with Crippen molar-refractivity contribution in [3.05, 3.63) is 59.7 Å². The molecule has 0 unspecified atom stereocenters. The fourth-order valence-corrected chi connectivity index (χ4v) is 2.89. The Hall–Kier alpha value is -3.94. The largest absolute Gasteiger partial charge is 0.507 e. The van der Waals surface area contributed by atoms with Gasteiger partial charge in [-0.2, -0.15) is 5.11 Å². The second kappa shape index (κ2) is 9.04. The predicted octanol–water partition coefficient (Wildman–Crippen LogP) is 4.91. The highest BCUT2D eigenvalue weighted by molar-refractivity contribution is 6.01. The van der Waals surface area contributed by atoms with E-state index in [4.69, 9.17) is 14.6 Å². The van der Waals surface area contributed by atoms with E-state index in [1.807, 2.05) is 0 Å². The van der Waals surface area contributed by atoms with Gasteiger partial charge in [-0.05, 0) is 38.1 Å². The molecule has 8 nitrogen and oxygen atoms in total. The molecule has 0 spiro atoms. The van der Waals surface area contributed by atoms with Gasteiger partial charge in [-0.1, -0.05) is 24.3 Å². The summed E-state index contributed by atoms with van der Waals surface area (Å²) >= 11 is 0. The number of hydrogen-bond acceptors (Lipinski definition) is 7. The van der Waals surface area contributed by atoms with E-state index in [9.17, 15) is 14.7 Å². The highest BCUT2D eigenvalue weighted by Gasteiger charge is 2.19. The first-order valence-corrected chi connectivity index (χ1v) is 9.20. The number of carboxylic acids is 1. The summed E-state index contributed by atoms with van der Waals surface area (Å²) in [5, 5.41) is 29.2. The predicted molar refractivity (Wildman–Crippen MR) is 110 cm³/mol. The van der Waals surface area contributed by atoms with Gasteiger partial charge in [0.05, 0.1) is 17.9 Å². The molecular weight excluding hydrogens is 388 g/mol. The first-order valence-electron chi connectivity index (χ1n) is 9.20. The van der Waals surface area contributed by atoms with Gasteiger partial charge >= 0.3 is 11.9 Å². The number of ether oxygens (including phenoxy) is 2. The number of nitrogens with zero attached hydrogens (tertiary/aromatic N) is 2. The lowest BCUT2D eigenvalue weighted by molar-refractivity contribution is -0.145. The topological polar surface area (TPSA) is 118 Å². The van der Waals surface area contributed by atoms with Gasteiger partial charge < -0.3 is 19.7 Å². The Morgan fingerprint density at radius 3 is 2.30 bits per heavy atom. The molecule has 0 saturated carbocycles. The van der Waals surface area contributed by atoms with Crippen LogP contribution in [-0.2, 0) is 9.53 Å². The lowest BCUT2D eigenvalue weighted by Gasteiger charge is -2.15. The molecule has 8 heteroatoms. The van der Waals surface area contributed by atoms with Gasteiger partial charge in [-0.15, -0.1) is 5.11 Å². The summed E-state index contributed by atoms with van der Waals surface area (Å²) in [4.78, 5) is 22.7. The molecule has 2 N–H and O–H groups in total. The van der Waals surface area contributed by atoms with Gasteiger partial charge in [0.1, 0.15) is 11.4 Å². The van der Waals surface area contributed by atoms with Crippen LogP contribution in [-0.4, -0.2) is 35.4 Å². The van der Waals surface area contributed by atoms with E-state index in [-0.39, 0.29) is 30.3 Å². The van der Waals surface area contributed by atoms with Crippen LogP contribution in [0.1, 0.15) is 22.8 Å². The molecule has 154 valence electrons. The van der Waals surface area contributed by atoms with Crippen molar-refractivity contribution in [3.8, 4) is 11.5 Å². The lowest BCUT2D eigenvalue weighted by Crippen LogP contribution is -2.15. The Labute approximate surface area is 172 Å². The number of fused-ring (bicyclic) bond motifs is 1. The molecule has 0 aliphatic rings. The van der Waals surface area contributed by atoms with E-state index >= 15 is 0 Å². The van der Waals surface area contributed by atoms with E-state index in [0.29, 0.717) is 27.7 Å². The summed E-state index contributed by atoms with van der Waals surface area (Å²) in [6.07, 6.45) is 0. The first-order chi connectivity index (χ1) is 14.4. The maximum Gasteiger partial charge on any atom is 0.344 e. The van der Waals surface area contributed by atoms with E-state index < -0.39 is 11.9 Å². The number of esters is 1. The van der Waals surface area contributed by atoms with Crippen molar-refractivity contribution in [1.29, 1.82) is 0 Å². The molecule has 0 bridgehead atoms. The second-order valence-electron chi connectivity index (χ2n) is 6.34. The third-order valence-electron chi connectivity index (χ3n) is 4.37. The minimum atomic E-state index is -1.03. The summed E-state index contributed by atoms with van der Waals surface area (Å²) < 4.78 is 10.5. The fraction of sp³-hybridized carbons (Fsp3) is 0.182. The molecule has 3 rings (SSSR count). The highest BCUT2D eigenvalue weighted by Crippen LogP contribution is 2.45. The molecule has 0 heterocycles. The molecule has 0 radical (unpaired) electrons. The molecule has 0 atom stereocenters. The van der Waals surface area contributed by atoms with Gasteiger partial charge in [0, 0.05) is 16.3 Å². The van der Waals surface area contributed by atoms with Crippen molar-refractivity contribution in [2.75, 3.05) is 13.2 Å². The highest BCUT2D eigenvalue weighted by atomic mass is 16.6. The number of hydrogen-bond donors (Lipinski definition) is 2. The van der Waals surface area contributed by atoms with Gasteiger partial charge in [-0.25, -0.2) is 9.59 Å². The standard InChI is InChI=1S/C22H20N2O6/c1-3-29-18(25)12-30-21-13(2)20(26)17-7-5-4-6-16(17)19(21)24-23-15-10-8-14(9-11-15)22(27)28/h4-11,26H,3,12H2,1-2H3,(H,27,28). The first kappa shape index (κ1) is 20.8. The van der Waals surface area contributed by atoms with E-state index in [2.05, 4.69) is 10.2 Å². The minimum Gasteiger partial charge on any atom is -0.507 e. The van der Waals surface area contributed by atoms with E-state index in [0.717, 1.165) is 0 Å².